The number of Topliss-reactive ketones (excluding diaryl/α,β-unsaturated/α-hetero) is 2. The van der Waals surface area contributed by atoms with Gasteiger partial charge in [0.15, 0.2) is 17.3 Å². The molecule has 9 nitrogen and oxygen atoms in total. The Balaban J connectivity index is 1.58. The molecule has 1 aromatic heterocycles. The third-order valence-electron chi connectivity index (χ3n) is 7.46. The minimum Gasteiger partial charge on any atom is -0.507 e. The van der Waals surface area contributed by atoms with Crippen LogP contribution >= 0.6 is 0 Å². The second-order valence-corrected chi connectivity index (χ2v) is 10.2. The first-order chi connectivity index (χ1) is 17.9. The standard InChI is InChI=1S/C29H29N3O6/c1-13(2)32-18-10-8-7-9-17(18)31-21(32)12-30-15(4)22-19(34)11-20-29(6,28(22)37)24-26(36)14(3)25(35)23(16(5)33)27(24)38-20/h7-11,13,30,35-36H,12H2,1-6H3. The van der Waals surface area contributed by atoms with E-state index in [2.05, 4.69) is 23.7 Å². The molecule has 9 heteroatoms. The molecule has 2 heterocycles. The molecule has 1 aliphatic heterocycles. The van der Waals surface area contributed by atoms with Crippen molar-refractivity contribution in [2.45, 2.75) is 59.5 Å². The lowest BCUT2D eigenvalue weighted by Gasteiger charge is -2.29. The lowest BCUT2D eigenvalue weighted by atomic mass is 9.70. The van der Waals surface area contributed by atoms with Crippen molar-refractivity contribution in [2.24, 2.45) is 0 Å². The van der Waals surface area contributed by atoms with Gasteiger partial charge in [0.05, 0.1) is 28.7 Å². The van der Waals surface area contributed by atoms with Gasteiger partial charge in [-0.3, -0.25) is 14.4 Å². The summed E-state index contributed by atoms with van der Waals surface area (Å²) in [6, 6.07) is 7.94. The van der Waals surface area contributed by atoms with Gasteiger partial charge in [0.1, 0.15) is 39.8 Å². The van der Waals surface area contributed by atoms with E-state index < -0.39 is 28.5 Å². The number of carbonyl (C=O) groups excluding carboxylic acids is 3. The molecule has 0 saturated carbocycles. The molecule has 0 bridgehead atoms. The highest BCUT2D eigenvalue weighted by Crippen LogP contribution is 2.57. The van der Waals surface area contributed by atoms with Crippen LogP contribution in [0.3, 0.4) is 0 Å². The Labute approximate surface area is 219 Å². The topological polar surface area (TPSA) is 131 Å². The first kappa shape index (κ1) is 25.3. The molecule has 1 aliphatic carbocycles. The highest BCUT2D eigenvalue weighted by Gasteiger charge is 2.56. The van der Waals surface area contributed by atoms with E-state index in [4.69, 9.17) is 9.72 Å². The van der Waals surface area contributed by atoms with Crippen LogP contribution < -0.4 is 10.1 Å². The molecule has 0 saturated heterocycles. The van der Waals surface area contributed by atoms with Crippen molar-refractivity contribution in [1.29, 1.82) is 0 Å². The fourth-order valence-electron chi connectivity index (χ4n) is 5.46. The van der Waals surface area contributed by atoms with Crippen LogP contribution in [0, 0.1) is 6.92 Å². The summed E-state index contributed by atoms with van der Waals surface area (Å²) < 4.78 is 7.92. The van der Waals surface area contributed by atoms with E-state index in [0.29, 0.717) is 5.70 Å². The Hall–Kier alpha value is -4.40. The molecule has 2 aromatic carbocycles. The van der Waals surface area contributed by atoms with Crippen molar-refractivity contribution in [3.63, 3.8) is 0 Å². The van der Waals surface area contributed by atoms with Crippen LogP contribution in [0.1, 0.15) is 68.0 Å². The van der Waals surface area contributed by atoms with Crippen LogP contribution in [-0.2, 0) is 21.5 Å². The van der Waals surface area contributed by atoms with Crippen LogP contribution in [0.5, 0.6) is 17.2 Å². The van der Waals surface area contributed by atoms with Crippen LogP contribution in [0.15, 0.2) is 47.4 Å². The average molecular weight is 516 g/mol. The smallest absolute Gasteiger partial charge is 0.194 e. The number of benzene rings is 2. The predicted molar refractivity (Wildman–Crippen MR) is 140 cm³/mol. The van der Waals surface area contributed by atoms with Crippen LogP contribution in [-0.4, -0.2) is 37.1 Å². The van der Waals surface area contributed by atoms with Crippen LogP contribution in [0.25, 0.3) is 11.0 Å². The van der Waals surface area contributed by atoms with Gasteiger partial charge in [-0.25, -0.2) is 4.98 Å². The molecule has 38 heavy (non-hydrogen) atoms. The number of carbonyl (C=O) groups is 3. The number of nitrogens with one attached hydrogen (secondary N) is 1. The van der Waals surface area contributed by atoms with Crippen LogP contribution in [0.4, 0.5) is 0 Å². The third kappa shape index (κ3) is 3.38. The number of hydrogen-bond acceptors (Lipinski definition) is 8. The minimum atomic E-state index is -1.56. The largest absolute Gasteiger partial charge is 0.507 e. The molecule has 2 aliphatic rings. The number of aromatic nitrogens is 2. The van der Waals surface area contributed by atoms with E-state index in [1.807, 2.05) is 24.3 Å². The highest BCUT2D eigenvalue weighted by atomic mass is 16.5. The number of ketones is 3. The minimum absolute atomic E-state index is 0.00319. The van der Waals surface area contributed by atoms with Crippen molar-refractivity contribution in [2.75, 3.05) is 0 Å². The molecule has 0 spiro atoms. The molecular formula is C29H29N3O6. The normalized spacial score (nSPS) is 19.8. The molecule has 0 radical (unpaired) electrons. The molecule has 3 aromatic rings. The molecule has 5 rings (SSSR count). The van der Waals surface area contributed by atoms with E-state index in [-0.39, 0.29) is 52.1 Å². The second-order valence-electron chi connectivity index (χ2n) is 10.2. The zero-order chi connectivity index (χ0) is 27.7. The lowest BCUT2D eigenvalue weighted by molar-refractivity contribution is -0.123. The maximum atomic E-state index is 14.0. The number of nitrogens with zero attached hydrogens (tertiary/aromatic N) is 2. The number of fused-ring (bicyclic) bond motifs is 4. The maximum absolute atomic E-state index is 14.0. The molecule has 1 atom stereocenters. The van der Waals surface area contributed by atoms with Gasteiger partial charge in [-0.15, -0.1) is 0 Å². The Morgan fingerprint density at radius 2 is 1.84 bits per heavy atom. The van der Waals surface area contributed by atoms with Gasteiger partial charge in [-0.05, 0) is 53.7 Å². The molecule has 0 fully saturated rings. The molecule has 196 valence electrons. The van der Waals surface area contributed by atoms with Gasteiger partial charge in [-0.1, -0.05) is 12.1 Å². The monoisotopic (exact) mass is 515 g/mol. The first-order valence-corrected chi connectivity index (χ1v) is 12.4. The van der Waals surface area contributed by atoms with Gasteiger partial charge in [-0.2, -0.15) is 0 Å². The fourth-order valence-corrected chi connectivity index (χ4v) is 5.46. The Kier molecular flexibility index (Phi) is 5.70. The summed E-state index contributed by atoms with van der Waals surface area (Å²) in [4.78, 5) is 44.2. The molecule has 1 unspecified atom stereocenters. The number of ether oxygens (including phenoxy) is 1. The number of aromatic hydroxyl groups is 2. The Morgan fingerprint density at radius 1 is 1.16 bits per heavy atom. The summed E-state index contributed by atoms with van der Waals surface area (Å²) in [5.41, 5.74) is 0.544. The number of imidazole rings is 1. The Bertz CT molecular complexity index is 1640. The summed E-state index contributed by atoms with van der Waals surface area (Å²) >= 11 is 0. The van der Waals surface area contributed by atoms with Crippen molar-refractivity contribution < 1.29 is 29.3 Å². The van der Waals surface area contributed by atoms with Crippen molar-refractivity contribution in [1.82, 2.24) is 14.9 Å². The highest BCUT2D eigenvalue weighted by molar-refractivity contribution is 6.31. The van der Waals surface area contributed by atoms with E-state index >= 15 is 0 Å². The van der Waals surface area contributed by atoms with Crippen molar-refractivity contribution in [3.05, 3.63) is 69.9 Å². The van der Waals surface area contributed by atoms with Gasteiger partial charge in [0.25, 0.3) is 0 Å². The number of phenols is 2. The van der Waals surface area contributed by atoms with Crippen molar-refractivity contribution in [3.8, 4) is 17.2 Å². The van der Waals surface area contributed by atoms with Gasteiger partial charge < -0.3 is 24.8 Å². The number of para-hydroxylation sites is 2. The summed E-state index contributed by atoms with van der Waals surface area (Å²) in [6.07, 6.45) is 1.21. The zero-order valence-electron chi connectivity index (χ0n) is 22.1. The quantitative estimate of drug-likeness (QED) is 0.261. The van der Waals surface area contributed by atoms with Gasteiger partial charge in [0.2, 0.25) is 0 Å². The fraction of sp³-hybridized carbons (Fsp3) is 0.310. The Morgan fingerprint density at radius 3 is 2.50 bits per heavy atom. The summed E-state index contributed by atoms with van der Waals surface area (Å²) in [5.74, 6) is -1.75. The number of phenolic OH excluding ortho intramolecular Hbond substituents is 2. The zero-order valence-corrected chi connectivity index (χ0v) is 22.1. The van der Waals surface area contributed by atoms with Crippen LogP contribution in [0.2, 0.25) is 0 Å². The lowest BCUT2D eigenvalue weighted by Crippen LogP contribution is -2.41. The predicted octanol–water partition coefficient (Wildman–Crippen LogP) is 4.29. The summed E-state index contributed by atoms with van der Waals surface area (Å²) in [5, 5.41) is 24.7. The number of rotatable bonds is 5. The van der Waals surface area contributed by atoms with Gasteiger partial charge in [0, 0.05) is 23.4 Å². The van der Waals surface area contributed by atoms with E-state index in [1.165, 1.54) is 19.9 Å². The second kappa shape index (κ2) is 8.58. The SMILES string of the molecule is CC(=O)c1c(O)c(C)c(O)c2c1OC1=CC(=O)C(=C(C)NCc3nc4ccccc4n3C(C)C)C(=O)C12C. The van der Waals surface area contributed by atoms with Gasteiger partial charge >= 0.3 is 0 Å². The summed E-state index contributed by atoms with van der Waals surface area (Å²) in [6.45, 7) is 10.3. The van der Waals surface area contributed by atoms with E-state index in [1.54, 1.807) is 13.8 Å². The van der Waals surface area contributed by atoms with E-state index in [0.717, 1.165) is 16.9 Å². The molecule has 0 amide bonds. The average Bonchev–Trinajstić information content (AvgIpc) is 3.37. The maximum Gasteiger partial charge on any atom is 0.194 e. The number of hydrogen-bond donors (Lipinski definition) is 3. The van der Waals surface area contributed by atoms with Crippen molar-refractivity contribution >= 4 is 28.4 Å². The summed E-state index contributed by atoms with van der Waals surface area (Å²) in [7, 11) is 0. The molecular weight excluding hydrogens is 486 g/mol. The number of allylic oxidation sites excluding steroid dienone is 4. The van der Waals surface area contributed by atoms with E-state index in [9.17, 15) is 24.6 Å². The molecule has 3 N–H and O–H groups in total. The third-order valence-corrected chi connectivity index (χ3v) is 7.46. The first-order valence-electron chi connectivity index (χ1n) is 12.4.